The largest absolute Gasteiger partial charge is 0.465 e. The van der Waals surface area contributed by atoms with Gasteiger partial charge in [0.1, 0.15) is 0 Å². The Balaban J connectivity index is 1.81. The highest BCUT2D eigenvalue weighted by atomic mass is 16.4. The lowest BCUT2D eigenvalue weighted by Gasteiger charge is -2.42. The number of nitrogens with zero attached hydrogens (tertiary/aromatic N) is 3. The molecule has 0 aromatic carbocycles. The Kier molecular flexibility index (Phi) is 4.11. The quantitative estimate of drug-likeness (QED) is 0.884. The second-order valence-corrected chi connectivity index (χ2v) is 7.48. The Hall–Kier alpha value is -2.31. The molecule has 1 aliphatic carbocycles. The molecule has 24 heavy (non-hydrogen) atoms. The van der Waals surface area contributed by atoms with Crippen LogP contribution in [0.3, 0.4) is 0 Å². The first kappa shape index (κ1) is 16.5. The van der Waals surface area contributed by atoms with Crippen LogP contribution in [-0.4, -0.2) is 42.2 Å². The van der Waals surface area contributed by atoms with E-state index in [2.05, 4.69) is 9.97 Å². The lowest BCUT2D eigenvalue weighted by atomic mass is 9.88. The average Bonchev–Trinajstić information content (AvgIpc) is 2.82. The number of H-pyrrole nitrogens is 1. The van der Waals surface area contributed by atoms with Crippen molar-refractivity contribution in [2.24, 2.45) is 0 Å². The second-order valence-electron chi connectivity index (χ2n) is 7.48. The summed E-state index contributed by atoms with van der Waals surface area (Å²) >= 11 is 0. The Labute approximate surface area is 140 Å². The van der Waals surface area contributed by atoms with Gasteiger partial charge in [-0.1, -0.05) is 0 Å². The molecular formula is C17H24N4O3. The van der Waals surface area contributed by atoms with E-state index in [0.717, 1.165) is 36.7 Å². The Bertz CT molecular complexity index is 794. The van der Waals surface area contributed by atoms with Crippen molar-refractivity contribution < 1.29 is 9.90 Å². The summed E-state index contributed by atoms with van der Waals surface area (Å²) in [6.07, 6.45) is 5.58. The van der Waals surface area contributed by atoms with Gasteiger partial charge in [0, 0.05) is 23.8 Å². The molecule has 0 spiro atoms. The summed E-state index contributed by atoms with van der Waals surface area (Å²) in [6.45, 7) is 5.76. The summed E-state index contributed by atoms with van der Waals surface area (Å²) in [5.41, 5.74) is 1.07. The number of pyridine rings is 1. The van der Waals surface area contributed by atoms with Crippen LogP contribution >= 0.6 is 0 Å². The van der Waals surface area contributed by atoms with Crippen LogP contribution in [-0.2, 0) is 0 Å². The summed E-state index contributed by atoms with van der Waals surface area (Å²) in [5, 5.41) is 9.56. The van der Waals surface area contributed by atoms with Crippen molar-refractivity contribution in [3.63, 3.8) is 0 Å². The number of hydrogen-bond acceptors (Lipinski definition) is 3. The minimum atomic E-state index is -0.874. The van der Waals surface area contributed by atoms with Crippen molar-refractivity contribution in [1.29, 1.82) is 0 Å². The molecule has 1 amide bonds. The molecular weight excluding hydrogens is 308 g/mol. The molecule has 0 saturated heterocycles. The molecule has 0 radical (unpaired) electrons. The number of carboxylic acid groups (broad SMARTS) is 1. The molecule has 130 valence electrons. The van der Waals surface area contributed by atoms with E-state index < -0.39 is 11.6 Å². The number of nitrogens with one attached hydrogen (secondary N) is 1. The van der Waals surface area contributed by atoms with E-state index >= 15 is 0 Å². The van der Waals surface area contributed by atoms with Gasteiger partial charge < -0.3 is 15.0 Å². The standard InChI is InChI=1S/C17H24N4O3/c1-17(2,3)21(16(23)24)12-6-4-11(5-7-12)20-14-8-9-18-10-13(14)19-15(20)22/h8-12H,4-7H2,1-3H3,(H,19,22)(H,23,24). The maximum Gasteiger partial charge on any atom is 0.407 e. The lowest BCUT2D eigenvalue weighted by Crippen LogP contribution is -2.52. The van der Waals surface area contributed by atoms with Gasteiger partial charge in [-0.25, -0.2) is 9.59 Å². The maximum atomic E-state index is 12.3. The van der Waals surface area contributed by atoms with Crippen LogP contribution in [0.1, 0.15) is 52.5 Å². The molecule has 2 heterocycles. The van der Waals surface area contributed by atoms with Gasteiger partial charge in [0.2, 0.25) is 0 Å². The van der Waals surface area contributed by atoms with Crippen LogP contribution in [0.25, 0.3) is 11.0 Å². The van der Waals surface area contributed by atoms with Gasteiger partial charge in [-0.05, 0) is 52.5 Å². The average molecular weight is 332 g/mol. The fourth-order valence-electron chi connectivity index (χ4n) is 3.91. The summed E-state index contributed by atoms with van der Waals surface area (Å²) in [4.78, 5) is 32.4. The van der Waals surface area contributed by atoms with Crippen molar-refractivity contribution in [2.45, 2.75) is 64.1 Å². The summed E-state index contributed by atoms with van der Waals surface area (Å²) < 4.78 is 1.80. The normalized spacial score (nSPS) is 21.8. The number of rotatable bonds is 2. The zero-order valence-corrected chi connectivity index (χ0v) is 14.3. The Morgan fingerprint density at radius 2 is 2.00 bits per heavy atom. The van der Waals surface area contributed by atoms with Crippen molar-refractivity contribution >= 4 is 17.1 Å². The minimum absolute atomic E-state index is 0.00123. The second kappa shape index (κ2) is 5.96. The van der Waals surface area contributed by atoms with Crippen LogP contribution in [0.4, 0.5) is 4.79 Å². The van der Waals surface area contributed by atoms with E-state index in [9.17, 15) is 14.7 Å². The highest BCUT2D eigenvalue weighted by Crippen LogP contribution is 2.34. The molecule has 0 bridgehead atoms. The van der Waals surface area contributed by atoms with Crippen LogP contribution in [0.2, 0.25) is 0 Å². The first-order valence-corrected chi connectivity index (χ1v) is 8.35. The molecule has 2 N–H and O–H groups in total. The number of amides is 1. The SMILES string of the molecule is CC(C)(C)N(C(=O)O)C1CCC(n2c(=O)[nH]c3cnccc32)CC1. The van der Waals surface area contributed by atoms with Crippen LogP contribution in [0.5, 0.6) is 0 Å². The van der Waals surface area contributed by atoms with Crippen molar-refractivity contribution in [3.05, 3.63) is 28.9 Å². The van der Waals surface area contributed by atoms with Crippen molar-refractivity contribution in [3.8, 4) is 0 Å². The molecule has 3 rings (SSSR count). The molecule has 0 unspecified atom stereocenters. The number of fused-ring (bicyclic) bond motifs is 1. The Morgan fingerprint density at radius 1 is 1.33 bits per heavy atom. The van der Waals surface area contributed by atoms with Gasteiger partial charge in [0.15, 0.2) is 0 Å². The highest BCUT2D eigenvalue weighted by molar-refractivity contribution is 5.73. The Morgan fingerprint density at radius 3 is 2.58 bits per heavy atom. The number of aromatic nitrogens is 3. The van der Waals surface area contributed by atoms with E-state index in [4.69, 9.17) is 0 Å². The van der Waals surface area contributed by atoms with Gasteiger partial charge in [-0.15, -0.1) is 0 Å². The van der Waals surface area contributed by atoms with Crippen LogP contribution in [0, 0.1) is 0 Å². The molecule has 0 aliphatic heterocycles. The van der Waals surface area contributed by atoms with Gasteiger partial charge in [-0.3, -0.25) is 9.55 Å². The third-order valence-corrected chi connectivity index (χ3v) is 4.84. The summed E-state index contributed by atoms with van der Waals surface area (Å²) in [7, 11) is 0. The fourth-order valence-corrected chi connectivity index (χ4v) is 3.91. The van der Waals surface area contributed by atoms with Gasteiger partial charge >= 0.3 is 11.8 Å². The third kappa shape index (κ3) is 2.90. The zero-order valence-electron chi connectivity index (χ0n) is 14.3. The lowest BCUT2D eigenvalue weighted by molar-refractivity contribution is 0.0512. The van der Waals surface area contributed by atoms with Gasteiger partial charge in [0.05, 0.1) is 17.2 Å². The topological polar surface area (TPSA) is 91.2 Å². The zero-order chi connectivity index (χ0) is 17.5. The number of hydrogen-bond donors (Lipinski definition) is 2. The predicted octanol–water partition coefficient (Wildman–Crippen LogP) is 2.99. The molecule has 1 aliphatic rings. The highest BCUT2D eigenvalue weighted by Gasteiger charge is 2.36. The predicted molar refractivity (Wildman–Crippen MR) is 91.3 cm³/mol. The molecule has 7 nitrogen and oxygen atoms in total. The first-order valence-electron chi connectivity index (χ1n) is 8.35. The van der Waals surface area contributed by atoms with Gasteiger partial charge in [0.25, 0.3) is 0 Å². The maximum absolute atomic E-state index is 12.3. The van der Waals surface area contributed by atoms with Gasteiger partial charge in [-0.2, -0.15) is 0 Å². The smallest absolute Gasteiger partial charge is 0.407 e. The van der Waals surface area contributed by atoms with E-state index in [1.54, 1.807) is 21.9 Å². The first-order chi connectivity index (χ1) is 11.3. The van der Waals surface area contributed by atoms with E-state index in [1.807, 2.05) is 26.8 Å². The van der Waals surface area contributed by atoms with Crippen molar-refractivity contribution in [2.75, 3.05) is 0 Å². The van der Waals surface area contributed by atoms with E-state index in [0.29, 0.717) is 0 Å². The minimum Gasteiger partial charge on any atom is -0.465 e. The molecule has 2 aromatic rings. The summed E-state index contributed by atoms with van der Waals surface area (Å²) in [6, 6.07) is 1.94. The molecule has 2 aromatic heterocycles. The van der Waals surface area contributed by atoms with Crippen molar-refractivity contribution in [1.82, 2.24) is 19.4 Å². The number of carbonyl (C=O) groups is 1. The van der Waals surface area contributed by atoms with Crippen LogP contribution in [0.15, 0.2) is 23.3 Å². The molecule has 1 saturated carbocycles. The van der Waals surface area contributed by atoms with E-state index in [1.165, 1.54) is 0 Å². The fraction of sp³-hybridized carbons (Fsp3) is 0.588. The van der Waals surface area contributed by atoms with Crippen LogP contribution < -0.4 is 5.69 Å². The molecule has 7 heteroatoms. The van der Waals surface area contributed by atoms with E-state index in [-0.39, 0.29) is 17.8 Å². The summed E-state index contributed by atoms with van der Waals surface area (Å²) in [5.74, 6) is 0. The number of imidazole rings is 1. The number of aromatic amines is 1. The molecule has 1 fully saturated rings. The third-order valence-electron chi connectivity index (χ3n) is 4.84. The molecule has 0 atom stereocenters. The monoisotopic (exact) mass is 332 g/mol.